The second-order valence-electron chi connectivity index (χ2n) is 3.63. The zero-order chi connectivity index (χ0) is 12.1. The van der Waals surface area contributed by atoms with E-state index in [9.17, 15) is 5.11 Å². The van der Waals surface area contributed by atoms with Crippen molar-refractivity contribution < 1.29 is 28.8 Å². The molecule has 6 heteroatoms. The zero-order valence-electron chi connectivity index (χ0n) is 10.1. The topological polar surface area (TPSA) is 66.4 Å². The molecule has 1 aliphatic rings. The number of ether oxygens (including phenoxy) is 5. The van der Waals surface area contributed by atoms with Gasteiger partial charge < -0.3 is 28.8 Å². The van der Waals surface area contributed by atoms with E-state index in [1.54, 1.807) is 7.11 Å². The molecule has 96 valence electrons. The number of rotatable bonds is 5. The van der Waals surface area contributed by atoms with Gasteiger partial charge in [0.25, 0.3) is 0 Å². The molecule has 0 radical (unpaired) electrons. The predicted molar refractivity (Wildman–Crippen MR) is 55.1 cm³/mol. The molecule has 6 nitrogen and oxygen atoms in total. The molecule has 1 rings (SSSR count). The van der Waals surface area contributed by atoms with Gasteiger partial charge in [0.2, 0.25) is 0 Å². The summed E-state index contributed by atoms with van der Waals surface area (Å²) in [4.78, 5) is 0. The van der Waals surface area contributed by atoms with Crippen LogP contribution in [0.15, 0.2) is 0 Å². The van der Waals surface area contributed by atoms with Gasteiger partial charge in [0.15, 0.2) is 6.29 Å². The summed E-state index contributed by atoms with van der Waals surface area (Å²) in [6, 6.07) is 0. The maximum atomic E-state index is 10.0. The van der Waals surface area contributed by atoms with Gasteiger partial charge in [-0.1, -0.05) is 0 Å². The highest BCUT2D eigenvalue weighted by Gasteiger charge is 2.46. The van der Waals surface area contributed by atoms with Crippen molar-refractivity contribution >= 4 is 0 Å². The first-order chi connectivity index (χ1) is 7.69. The van der Waals surface area contributed by atoms with E-state index in [0.29, 0.717) is 0 Å². The third-order valence-electron chi connectivity index (χ3n) is 2.73. The lowest BCUT2D eigenvalue weighted by Crippen LogP contribution is -2.60. The number of aliphatic hydroxyl groups is 1. The van der Waals surface area contributed by atoms with E-state index < -0.39 is 30.7 Å². The summed E-state index contributed by atoms with van der Waals surface area (Å²) < 4.78 is 26.1. The predicted octanol–water partition coefficient (Wildman–Crippen LogP) is -0.605. The Bertz CT molecular complexity index is 200. The van der Waals surface area contributed by atoms with Crippen LogP contribution in [0.25, 0.3) is 0 Å². The standard InChI is InChI=1S/C10H20O6/c1-12-5-6-7(11)8(13-2)9(14-3)10(15-4)16-6/h6-11H,5H2,1-4H3/t6-,7-,8-,9-,10?/m1/s1. The fourth-order valence-electron chi connectivity index (χ4n) is 1.90. The molecule has 1 aliphatic heterocycles. The lowest BCUT2D eigenvalue weighted by Gasteiger charge is -2.42. The molecule has 0 aromatic heterocycles. The lowest BCUT2D eigenvalue weighted by molar-refractivity contribution is -0.303. The van der Waals surface area contributed by atoms with E-state index in [2.05, 4.69) is 0 Å². The molecule has 0 aliphatic carbocycles. The highest BCUT2D eigenvalue weighted by Crippen LogP contribution is 2.25. The molecule has 1 fully saturated rings. The third kappa shape index (κ3) is 2.71. The fraction of sp³-hybridized carbons (Fsp3) is 1.00. The van der Waals surface area contributed by atoms with Crippen LogP contribution in [-0.4, -0.2) is 70.9 Å². The highest BCUT2D eigenvalue weighted by atomic mass is 16.7. The summed E-state index contributed by atoms with van der Waals surface area (Å²) in [6.45, 7) is 0.275. The van der Waals surface area contributed by atoms with Gasteiger partial charge in [0.1, 0.15) is 24.4 Å². The molecular weight excluding hydrogens is 216 g/mol. The van der Waals surface area contributed by atoms with E-state index in [4.69, 9.17) is 23.7 Å². The van der Waals surface area contributed by atoms with E-state index in [1.807, 2.05) is 0 Å². The molecule has 0 aromatic carbocycles. The average molecular weight is 236 g/mol. The van der Waals surface area contributed by atoms with Gasteiger partial charge in [0, 0.05) is 28.4 Å². The SMILES string of the molecule is COC[C@H]1OC(OC)[C@H](OC)[C@H](OC)[C@@H]1O. The maximum Gasteiger partial charge on any atom is 0.186 e. The summed E-state index contributed by atoms with van der Waals surface area (Å²) >= 11 is 0. The lowest BCUT2D eigenvalue weighted by atomic mass is 9.99. The molecular formula is C10H20O6. The van der Waals surface area contributed by atoms with Crippen molar-refractivity contribution in [3.8, 4) is 0 Å². The van der Waals surface area contributed by atoms with Crippen LogP contribution in [0.3, 0.4) is 0 Å². The zero-order valence-corrected chi connectivity index (χ0v) is 10.1. The first-order valence-corrected chi connectivity index (χ1v) is 5.10. The minimum Gasteiger partial charge on any atom is -0.387 e. The second kappa shape index (κ2) is 6.48. The van der Waals surface area contributed by atoms with Gasteiger partial charge in [-0.15, -0.1) is 0 Å². The summed E-state index contributed by atoms with van der Waals surface area (Å²) in [5.41, 5.74) is 0. The summed E-state index contributed by atoms with van der Waals surface area (Å²) in [5, 5.41) is 10.0. The Morgan fingerprint density at radius 1 is 1.00 bits per heavy atom. The molecule has 0 spiro atoms. The molecule has 1 saturated heterocycles. The van der Waals surface area contributed by atoms with Crippen LogP contribution in [0, 0.1) is 0 Å². The monoisotopic (exact) mass is 236 g/mol. The Kier molecular flexibility index (Phi) is 5.60. The minimum absolute atomic E-state index is 0.275. The van der Waals surface area contributed by atoms with Gasteiger partial charge in [-0.3, -0.25) is 0 Å². The Labute approximate surface area is 95.4 Å². The summed E-state index contributed by atoms with van der Waals surface area (Å²) in [5.74, 6) is 0. The molecule has 1 heterocycles. The second-order valence-corrected chi connectivity index (χ2v) is 3.63. The van der Waals surface area contributed by atoms with Crippen molar-refractivity contribution in [2.45, 2.75) is 30.7 Å². The molecule has 0 saturated carbocycles. The number of aliphatic hydroxyl groups excluding tert-OH is 1. The maximum absolute atomic E-state index is 10.0. The number of hydrogen-bond acceptors (Lipinski definition) is 6. The number of hydrogen-bond donors (Lipinski definition) is 1. The molecule has 1 unspecified atom stereocenters. The molecule has 16 heavy (non-hydrogen) atoms. The van der Waals surface area contributed by atoms with Crippen molar-refractivity contribution in [2.75, 3.05) is 35.0 Å². The van der Waals surface area contributed by atoms with Crippen LogP contribution < -0.4 is 0 Å². The third-order valence-corrected chi connectivity index (χ3v) is 2.73. The molecule has 0 amide bonds. The summed E-state index contributed by atoms with van der Waals surface area (Å²) in [6.07, 6.45) is -2.81. The van der Waals surface area contributed by atoms with E-state index >= 15 is 0 Å². The van der Waals surface area contributed by atoms with Crippen LogP contribution in [0.4, 0.5) is 0 Å². The van der Waals surface area contributed by atoms with Gasteiger partial charge >= 0.3 is 0 Å². The van der Waals surface area contributed by atoms with Crippen molar-refractivity contribution in [1.29, 1.82) is 0 Å². The van der Waals surface area contributed by atoms with Crippen molar-refractivity contribution in [2.24, 2.45) is 0 Å². The first kappa shape index (κ1) is 13.8. The van der Waals surface area contributed by atoms with Crippen LogP contribution >= 0.6 is 0 Å². The Hall–Kier alpha value is -0.240. The van der Waals surface area contributed by atoms with Crippen molar-refractivity contribution in [1.82, 2.24) is 0 Å². The van der Waals surface area contributed by atoms with E-state index in [1.165, 1.54) is 21.3 Å². The van der Waals surface area contributed by atoms with Gasteiger partial charge in [-0.05, 0) is 0 Å². The average Bonchev–Trinajstić information content (AvgIpc) is 2.31. The van der Waals surface area contributed by atoms with Gasteiger partial charge in [0.05, 0.1) is 6.61 Å². The molecule has 1 N–H and O–H groups in total. The smallest absolute Gasteiger partial charge is 0.186 e. The van der Waals surface area contributed by atoms with Crippen LogP contribution in [0.1, 0.15) is 0 Å². The van der Waals surface area contributed by atoms with E-state index in [0.717, 1.165) is 0 Å². The van der Waals surface area contributed by atoms with Crippen LogP contribution in [0.5, 0.6) is 0 Å². The summed E-state index contributed by atoms with van der Waals surface area (Å²) in [7, 11) is 6.10. The first-order valence-electron chi connectivity index (χ1n) is 5.10. The van der Waals surface area contributed by atoms with E-state index in [-0.39, 0.29) is 6.61 Å². The van der Waals surface area contributed by atoms with Crippen LogP contribution in [-0.2, 0) is 23.7 Å². The minimum atomic E-state index is -0.804. The van der Waals surface area contributed by atoms with Crippen molar-refractivity contribution in [3.05, 3.63) is 0 Å². The Balaban J connectivity index is 2.76. The van der Waals surface area contributed by atoms with Crippen LogP contribution in [0.2, 0.25) is 0 Å². The highest BCUT2D eigenvalue weighted by molar-refractivity contribution is 4.90. The Morgan fingerprint density at radius 2 is 1.62 bits per heavy atom. The largest absolute Gasteiger partial charge is 0.387 e. The van der Waals surface area contributed by atoms with Crippen molar-refractivity contribution in [3.63, 3.8) is 0 Å². The molecule has 0 bridgehead atoms. The Morgan fingerprint density at radius 3 is 2.06 bits per heavy atom. The normalized spacial score (nSPS) is 39.9. The fourth-order valence-corrected chi connectivity index (χ4v) is 1.90. The molecule has 0 aromatic rings. The quantitative estimate of drug-likeness (QED) is 0.687. The number of methoxy groups -OCH3 is 4. The van der Waals surface area contributed by atoms with Gasteiger partial charge in [-0.2, -0.15) is 0 Å². The van der Waals surface area contributed by atoms with Gasteiger partial charge in [-0.25, -0.2) is 0 Å². The molecule has 5 atom stereocenters.